The van der Waals surface area contributed by atoms with Gasteiger partial charge in [-0.1, -0.05) is 25.1 Å². The first kappa shape index (κ1) is 24.0. The van der Waals surface area contributed by atoms with Crippen molar-refractivity contribution < 1.29 is 18.7 Å². The molecule has 0 spiro atoms. The molecule has 0 aliphatic carbocycles. The van der Waals surface area contributed by atoms with E-state index in [4.69, 9.17) is 15.2 Å². The number of halogens is 1. The van der Waals surface area contributed by atoms with Crippen LogP contribution in [0.5, 0.6) is 11.5 Å². The molecular formula is C23H31FN4O3. The number of nitrogens with zero attached hydrogens (tertiary/aromatic N) is 1. The Morgan fingerprint density at radius 1 is 1.13 bits per heavy atom. The van der Waals surface area contributed by atoms with Crippen LogP contribution in [0.2, 0.25) is 0 Å². The van der Waals surface area contributed by atoms with Crippen molar-refractivity contribution in [3.8, 4) is 11.5 Å². The van der Waals surface area contributed by atoms with E-state index in [1.807, 2.05) is 38.1 Å². The van der Waals surface area contributed by atoms with E-state index >= 15 is 0 Å². The Morgan fingerprint density at radius 3 is 2.55 bits per heavy atom. The van der Waals surface area contributed by atoms with Gasteiger partial charge in [0.15, 0.2) is 12.6 Å². The van der Waals surface area contributed by atoms with E-state index in [1.165, 1.54) is 12.1 Å². The van der Waals surface area contributed by atoms with Crippen molar-refractivity contribution in [2.45, 2.75) is 32.8 Å². The van der Waals surface area contributed by atoms with Crippen LogP contribution in [-0.2, 0) is 11.2 Å². The molecule has 168 valence electrons. The Bertz CT molecular complexity index is 843. The number of benzene rings is 2. The van der Waals surface area contributed by atoms with Crippen molar-refractivity contribution >= 4 is 11.9 Å². The first-order chi connectivity index (χ1) is 15.0. The lowest BCUT2D eigenvalue weighted by Crippen LogP contribution is -2.39. The van der Waals surface area contributed by atoms with Crippen molar-refractivity contribution in [1.29, 1.82) is 0 Å². The van der Waals surface area contributed by atoms with Gasteiger partial charge in [0, 0.05) is 19.2 Å². The summed E-state index contributed by atoms with van der Waals surface area (Å²) >= 11 is 0. The van der Waals surface area contributed by atoms with Gasteiger partial charge < -0.3 is 25.8 Å². The summed E-state index contributed by atoms with van der Waals surface area (Å²) < 4.78 is 24.5. The Morgan fingerprint density at radius 2 is 1.90 bits per heavy atom. The summed E-state index contributed by atoms with van der Waals surface area (Å²) in [5.74, 6) is 0.983. The third kappa shape index (κ3) is 9.37. The Hall–Kier alpha value is -3.29. The number of carbonyl (C=O) groups excluding carboxylic acids is 1. The maximum Gasteiger partial charge on any atom is 0.255 e. The van der Waals surface area contributed by atoms with Gasteiger partial charge in [0.1, 0.15) is 23.4 Å². The Balaban J connectivity index is 1.83. The van der Waals surface area contributed by atoms with Gasteiger partial charge in [-0.25, -0.2) is 9.38 Å². The molecule has 0 heterocycles. The molecule has 1 atom stereocenters. The van der Waals surface area contributed by atoms with Crippen LogP contribution in [-0.4, -0.2) is 44.2 Å². The van der Waals surface area contributed by atoms with E-state index in [1.54, 1.807) is 12.1 Å². The monoisotopic (exact) mass is 430 g/mol. The number of aliphatic imine (C=N–C) groups is 1. The number of ether oxygens (including phenoxy) is 2. The molecule has 1 amide bonds. The second-order valence-corrected chi connectivity index (χ2v) is 6.90. The summed E-state index contributed by atoms with van der Waals surface area (Å²) in [6, 6.07) is 13.6. The molecule has 0 radical (unpaired) electrons. The van der Waals surface area contributed by atoms with Crippen molar-refractivity contribution in [2.24, 2.45) is 10.7 Å². The highest BCUT2D eigenvalue weighted by molar-refractivity contribution is 5.79. The molecule has 2 rings (SSSR count). The van der Waals surface area contributed by atoms with Crippen molar-refractivity contribution in [1.82, 2.24) is 10.6 Å². The molecule has 8 heteroatoms. The number of nitrogens with one attached hydrogen (secondary N) is 2. The lowest BCUT2D eigenvalue weighted by molar-refractivity contribution is -0.119. The zero-order chi connectivity index (χ0) is 22.5. The van der Waals surface area contributed by atoms with Crippen LogP contribution in [0.3, 0.4) is 0 Å². The molecule has 7 nitrogen and oxygen atoms in total. The summed E-state index contributed by atoms with van der Waals surface area (Å²) in [6.45, 7) is 5.76. The van der Waals surface area contributed by atoms with Crippen LogP contribution in [0.1, 0.15) is 25.8 Å². The number of amides is 1. The third-order valence-electron chi connectivity index (χ3n) is 4.36. The second-order valence-electron chi connectivity index (χ2n) is 6.90. The molecule has 0 saturated carbocycles. The van der Waals surface area contributed by atoms with Crippen LogP contribution in [0, 0.1) is 5.82 Å². The van der Waals surface area contributed by atoms with Crippen molar-refractivity contribution in [3.05, 3.63) is 59.9 Å². The summed E-state index contributed by atoms with van der Waals surface area (Å²) in [6.07, 6.45) is 1.39. The molecule has 0 aliphatic heterocycles. The topological polar surface area (TPSA) is 98.0 Å². The Kier molecular flexibility index (Phi) is 10.1. The van der Waals surface area contributed by atoms with E-state index in [2.05, 4.69) is 15.6 Å². The Labute approximate surface area is 182 Å². The fraction of sp³-hybridized carbons (Fsp3) is 0.391. The fourth-order valence-electron chi connectivity index (χ4n) is 2.75. The van der Waals surface area contributed by atoms with Crippen LogP contribution in [0.15, 0.2) is 53.5 Å². The zero-order valence-electron chi connectivity index (χ0n) is 18.1. The summed E-state index contributed by atoms with van der Waals surface area (Å²) in [7, 11) is 0. The predicted molar refractivity (Wildman–Crippen MR) is 120 cm³/mol. The van der Waals surface area contributed by atoms with E-state index < -0.39 is 5.91 Å². The van der Waals surface area contributed by atoms with Gasteiger partial charge in [-0.2, -0.15) is 0 Å². The number of hydrogen-bond acceptors (Lipinski definition) is 4. The van der Waals surface area contributed by atoms with Gasteiger partial charge in [0.2, 0.25) is 0 Å². The van der Waals surface area contributed by atoms with Crippen molar-refractivity contribution in [2.75, 3.05) is 26.2 Å². The molecule has 2 aromatic carbocycles. The predicted octanol–water partition coefficient (Wildman–Crippen LogP) is 2.65. The third-order valence-corrected chi connectivity index (χ3v) is 4.36. The number of primary amides is 1. The highest BCUT2D eigenvalue weighted by Gasteiger charge is 2.09. The standard InChI is InChI=1S/C23H31FN4O3/c1-3-19(31-21-7-5-6-18(24)14-21)15-28-23(26-4-2)27-13-12-17-8-10-20(11-9-17)30-16-22(25)29/h5-11,14,19H,3-4,12-13,15-16H2,1-2H3,(H2,25,29)(H2,26,27,28). The summed E-state index contributed by atoms with van der Waals surface area (Å²) in [5.41, 5.74) is 6.19. The van der Waals surface area contributed by atoms with E-state index in [-0.39, 0.29) is 18.5 Å². The quantitative estimate of drug-likeness (QED) is 0.355. The number of guanidine groups is 1. The largest absolute Gasteiger partial charge is 0.488 e. The van der Waals surface area contributed by atoms with E-state index in [0.29, 0.717) is 30.5 Å². The maximum absolute atomic E-state index is 13.4. The smallest absolute Gasteiger partial charge is 0.255 e. The van der Waals surface area contributed by atoms with E-state index in [0.717, 1.165) is 24.9 Å². The molecule has 0 saturated heterocycles. The lowest BCUT2D eigenvalue weighted by atomic mass is 10.1. The number of carbonyl (C=O) groups is 1. The number of nitrogens with two attached hydrogens (primary N) is 1. The lowest BCUT2D eigenvalue weighted by Gasteiger charge is -2.17. The molecule has 31 heavy (non-hydrogen) atoms. The molecule has 4 N–H and O–H groups in total. The minimum Gasteiger partial charge on any atom is -0.488 e. The molecular weight excluding hydrogens is 399 g/mol. The maximum atomic E-state index is 13.4. The van der Waals surface area contributed by atoms with E-state index in [9.17, 15) is 9.18 Å². The van der Waals surface area contributed by atoms with Crippen LogP contribution >= 0.6 is 0 Å². The number of hydrogen-bond donors (Lipinski definition) is 3. The molecule has 0 aromatic heterocycles. The average Bonchev–Trinajstić information content (AvgIpc) is 2.76. The molecule has 0 bridgehead atoms. The van der Waals surface area contributed by atoms with Gasteiger partial charge >= 0.3 is 0 Å². The summed E-state index contributed by atoms with van der Waals surface area (Å²) in [4.78, 5) is 15.4. The summed E-state index contributed by atoms with van der Waals surface area (Å²) in [5, 5.41) is 6.52. The van der Waals surface area contributed by atoms with Gasteiger partial charge in [0.05, 0.1) is 6.54 Å². The van der Waals surface area contributed by atoms with Crippen LogP contribution in [0.4, 0.5) is 4.39 Å². The highest BCUT2D eigenvalue weighted by atomic mass is 19.1. The van der Waals surface area contributed by atoms with Gasteiger partial charge in [0.25, 0.3) is 5.91 Å². The SMILES string of the molecule is CCNC(=NCC(CC)Oc1cccc(F)c1)NCCc1ccc(OCC(N)=O)cc1. The minimum atomic E-state index is -0.504. The van der Waals surface area contributed by atoms with Gasteiger partial charge in [-0.15, -0.1) is 0 Å². The first-order valence-corrected chi connectivity index (χ1v) is 10.4. The zero-order valence-corrected chi connectivity index (χ0v) is 18.1. The van der Waals surface area contributed by atoms with Crippen molar-refractivity contribution in [3.63, 3.8) is 0 Å². The number of rotatable bonds is 12. The molecule has 0 aliphatic rings. The highest BCUT2D eigenvalue weighted by Crippen LogP contribution is 2.15. The molecule has 0 fully saturated rings. The minimum absolute atomic E-state index is 0.134. The average molecular weight is 431 g/mol. The molecule has 2 aromatic rings. The molecule has 1 unspecified atom stereocenters. The first-order valence-electron chi connectivity index (χ1n) is 10.4. The second kappa shape index (κ2) is 13.1. The van der Waals surface area contributed by atoms with Gasteiger partial charge in [-0.3, -0.25) is 4.79 Å². The van der Waals surface area contributed by atoms with Crippen LogP contribution < -0.4 is 25.8 Å². The van der Waals surface area contributed by atoms with Crippen LogP contribution in [0.25, 0.3) is 0 Å². The fourth-order valence-corrected chi connectivity index (χ4v) is 2.75. The van der Waals surface area contributed by atoms with Gasteiger partial charge in [-0.05, 0) is 49.6 Å². The normalized spacial score (nSPS) is 12.2.